The fraction of sp³-hybridized carbons (Fsp3) is 0.0833. The van der Waals surface area contributed by atoms with Crippen LogP contribution < -0.4 is 11.1 Å². The normalized spacial score (nSPS) is 10.1. The number of nitrogens with one attached hydrogen (secondary N) is 1. The van der Waals surface area contributed by atoms with E-state index >= 15 is 0 Å². The highest BCUT2D eigenvalue weighted by Crippen LogP contribution is 2.20. The Labute approximate surface area is 99.3 Å². The van der Waals surface area contributed by atoms with Crippen LogP contribution in [0.2, 0.25) is 5.02 Å². The summed E-state index contributed by atoms with van der Waals surface area (Å²) in [5.74, 6) is 0.526. The van der Waals surface area contributed by atoms with Gasteiger partial charge in [-0.1, -0.05) is 29.8 Å². The number of hydrogen-bond donors (Lipinski definition) is 2. The van der Waals surface area contributed by atoms with Crippen LogP contribution in [0.4, 0.5) is 11.5 Å². The summed E-state index contributed by atoms with van der Waals surface area (Å²) in [5, 5.41) is 3.91. The van der Waals surface area contributed by atoms with E-state index < -0.39 is 0 Å². The molecule has 4 heteroatoms. The van der Waals surface area contributed by atoms with E-state index in [2.05, 4.69) is 10.3 Å². The van der Waals surface area contributed by atoms with Crippen molar-refractivity contribution in [1.82, 2.24) is 4.98 Å². The second kappa shape index (κ2) is 4.86. The average Bonchev–Trinajstić information content (AvgIpc) is 2.28. The Morgan fingerprint density at radius 3 is 2.69 bits per heavy atom. The molecule has 3 nitrogen and oxygen atoms in total. The molecule has 0 fully saturated rings. The zero-order valence-corrected chi connectivity index (χ0v) is 9.41. The molecule has 0 bridgehead atoms. The summed E-state index contributed by atoms with van der Waals surface area (Å²) in [4.78, 5) is 4.19. The predicted octanol–water partition coefficient (Wildman–Crippen LogP) is 2.93. The van der Waals surface area contributed by atoms with Gasteiger partial charge in [0.25, 0.3) is 0 Å². The van der Waals surface area contributed by atoms with Crippen molar-refractivity contribution < 1.29 is 0 Å². The van der Waals surface area contributed by atoms with Crippen LogP contribution in [0.5, 0.6) is 0 Å². The van der Waals surface area contributed by atoms with Crippen LogP contribution in [-0.4, -0.2) is 4.98 Å². The van der Waals surface area contributed by atoms with Gasteiger partial charge in [-0.15, -0.1) is 0 Å². The second-order valence-electron chi connectivity index (χ2n) is 3.39. The zero-order chi connectivity index (χ0) is 11.4. The number of nitrogens with two attached hydrogens (primary N) is 1. The molecule has 0 aliphatic rings. The smallest absolute Gasteiger partial charge is 0.123 e. The van der Waals surface area contributed by atoms with Gasteiger partial charge in [-0.25, -0.2) is 4.98 Å². The number of para-hydroxylation sites is 1. The minimum absolute atomic E-state index is 0.526. The van der Waals surface area contributed by atoms with Gasteiger partial charge in [0.1, 0.15) is 5.82 Å². The SMILES string of the molecule is Nc1cccc(CNc2ccccc2Cl)n1. The highest BCUT2D eigenvalue weighted by molar-refractivity contribution is 6.33. The monoisotopic (exact) mass is 233 g/mol. The van der Waals surface area contributed by atoms with Gasteiger partial charge in [-0.3, -0.25) is 0 Å². The number of hydrogen-bond acceptors (Lipinski definition) is 3. The van der Waals surface area contributed by atoms with Crippen LogP contribution >= 0.6 is 11.6 Å². The number of aromatic nitrogens is 1. The molecule has 0 radical (unpaired) electrons. The van der Waals surface area contributed by atoms with E-state index in [-0.39, 0.29) is 0 Å². The molecule has 16 heavy (non-hydrogen) atoms. The number of rotatable bonds is 3. The molecule has 0 unspecified atom stereocenters. The van der Waals surface area contributed by atoms with Crippen LogP contribution in [0.3, 0.4) is 0 Å². The van der Waals surface area contributed by atoms with Gasteiger partial charge in [0.15, 0.2) is 0 Å². The van der Waals surface area contributed by atoms with Crippen LogP contribution in [0.1, 0.15) is 5.69 Å². The highest BCUT2D eigenvalue weighted by Gasteiger charge is 1.99. The van der Waals surface area contributed by atoms with Gasteiger partial charge in [0.2, 0.25) is 0 Å². The summed E-state index contributed by atoms with van der Waals surface area (Å²) < 4.78 is 0. The molecule has 0 saturated carbocycles. The first-order valence-corrected chi connectivity index (χ1v) is 5.33. The van der Waals surface area contributed by atoms with Crippen LogP contribution in [0.15, 0.2) is 42.5 Å². The molecule has 2 aromatic rings. The van der Waals surface area contributed by atoms with Crippen LogP contribution in [-0.2, 0) is 6.54 Å². The minimum Gasteiger partial charge on any atom is -0.384 e. The maximum atomic E-state index is 6.01. The Morgan fingerprint density at radius 1 is 1.12 bits per heavy atom. The summed E-state index contributed by atoms with van der Waals surface area (Å²) in [6, 6.07) is 13.2. The predicted molar refractivity (Wildman–Crippen MR) is 67.4 cm³/mol. The van der Waals surface area contributed by atoms with Gasteiger partial charge in [-0.2, -0.15) is 0 Å². The van der Waals surface area contributed by atoms with Crippen molar-refractivity contribution in [2.24, 2.45) is 0 Å². The maximum Gasteiger partial charge on any atom is 0.123 e. The molecular formula is C12H12ClN3. The van der Waals surface area contributed by atoms with E-state index in [4.69, 9.17) is 17.3 Å². The lowest BCUT2D eigenvalue weighted by Crippen LogP contribution is -2.03. The first kappa shape index (κ1) is 10.8. The third-order valence-corrected chi connectivity index (χ3v) is 2.49. The Kier molecular flexibility index (Phi) is 3.27. The number of nitrogen functional groups attached to an aromatic ring is 1. The summed E-state index contributed by atoms with van der Waals surface area (Å²) in [6.07, 6.45) is 0. The topological polar surface area (TPSA) is 50.9 Å². The standard InChI is InChI=1S/C12H12ClN3/c13-10-5-1-2-6-11(10)15-8-9-4-3-7-12(14)16-9/h1-7,15H,8H2,(H2,14,16). The Bertz CT molecular complexity index is 485. The van der Waals surface area contributed by atoms with Crippen molar-refractivity contribution in [2.75, 3.05) is 11.1 Å². The molecule has 0 amide bonds. The van der Waals surface area contributed by atoms with Crippen molar-refractivity contribution in [3.63, 3.8) is 0 Å². The molecular weight excluding hydrogens is 222 g/mol. The molecule has 0 atom stereocenters. The summed E-state index contributed by atoms with van der Waals surface area (Å²) >= 11 is 6.01. The minimum atomic E-state index is 0.526. The number of pyridine rings is 1. The Hall–Kier alpha value is -1.74. The third-order valence-electron chi connectivity index (χ3n) is 2.16. The van der Waals surface area contributed by atoms with Crippen LogP contribution in [0, 0.1) is 0 Å². The largest absolute Gasteiger partial charge is 0.384 e. The Balaban J connectivity index is 2.05. The van der Waals surface area contributed by atoms with Gasteiger partial charge in [0.05, 0.1) is 22.9 Å². The molecule has 1 heterocycles. The lowest BCUT2D eigenvalue weighted by Gasteiger charge is -2.07. The quantitative estimate of drug-likeness (QED) is 0.857. The van der Waals surface area contributed by atoms with Gasteiger partial charge >= 0.3 is 0 Å². The molecule has 1 aromatic carbocycles. The molecule has 2 rings (SSSR count). The van der Waals surface area contributed by atoms with Crippen molar-refractivity contribution in [3.05, 3.63) is 53.2 Å². The fourth-order valence-electron chi connectivity index (χ4n) is 1.39. The van der Waals surface area contributed by atoms with Crippen molar-refractivity contribution in [3.8, 4) is 0 Å². The highest BCUT2D eigenvalue weighted by atomic mass is 35.5. The van der Waals surface area contributed by atoms with Gasteiger partial charge in [0, 0.05) is 0 Å². The first-order chi connectivity index (χ1) is 7.75. The fourth-order valence-corrected chi connectivity index (χ4v) is 1.59. The van der Waals surface area contributed by atoms with E-state index in [9.17, 15) is 0 Å². The number of benzene rings is 1. The molecule has 1 aromatic heterocycles. The molecule has 82 valence electrons. The third kappa shape index (κ3) is 2.64. The Morgan fingerprint density at radius 2 is 1.94 bits per heavy atom. The second-order valence-corrected chi connectivity index (χ2v) is 3.79. The lowest BCUT2D eigenvalue weighted by atomic mass is 10.3. The molecule has 0 aliphatic heterocycles. The van der Waals surface area contributed by atoms with E-state index in [1.165, 1.54) is 0 Å². The summed E-state index contributed by atoms with van der Waals surface area (Å²) in [7, 11) is 0. The van der Waals surface area contributed by atoms with Crippen molar-refractivity contribution in [1.29, 1.82) is 0 Å². The molecule has 0 aliphatic carbocycles. The molecule has 3 N–H and O–H groups in total. The number of nitrogens with zero attached hydrogens (tertiary/aromatic N) is 1. The number of anilines is 2. The van der Waals surface area contributed by atoms with Crippen molar-refractivity contribution >= 4 is 23.1 Å². The first-order valence-electron chi connectivity index (χ1n) is 4.95. The summed E-state index contributed by atoms with van der Waals surface area (Å²) in [5.41, 5.74) is 7.38. The molecule has 0 spiro atoms. The van der Waals surface area contributed by atoms with Gasteiger partial charge in [-0.05, 0) is 24.3 Å². The van der Waals surface area contributed by atoms with Crippen molar-refractivity contribution in [2.45, 2.75) is 6.54 Å². The van der Waals surface area contributed by atoms with E-state index in [0.29, 0.717) is 17.4 Å². The number of halogens is 1. The van der Waals surface area contributed by atoms with E-state index in [1.54, 1.807) is 6.07 Å². The van der Waals surface area contributed by atoms with E-state index in [0.717, 1.165) is 11.4 Å². The maximum absolute atomic E-state index is 6.01. The van der Waals surface area contributed by atoms with E-state index in [1.807, 2.05) is 36.4 Å². The lowest BCUT2D eigenvalue weighted by molar-refractivity contribution is 1.05. The molecule has 0 saturated heterocycles. The van der Waals surface area contributed by atoms with Crippen LogP contribution in [0.25, 0.3) is 0 Å². The summed E-state index contributed by atoms with van der Waals surface area (Å²) in [6.45, 7) is 0.606. The zero-order valence-electron chi connectivity index (χ0n) is 8.65. The average molecular weight is 234 g/mol. The van der Waals surface area contributed by atoms with Gasteiger partial charge < -0.3 is 11.1 Å².